The van der Waals surface area contributed by atoms with Crippen LogP contribution in [0.4, 0.5) is 0 Å². The van der Waals surface area contributed by atoms with Crippen LogP contribution in [-0.2, 0) is 9.59 Å². The minimum Gasteiger partial charge on any atom is -0.550 e. The van der Waals surface area contributed by atoms with Crippen molar-refractivity contribution in [3.8, 4) is 0 Å². The smallest absolute Gasteiger partial charge is 0.550 e. The molecule has 0 spiro atoms. The van der Waals surface area contributed by atoms with Crippen LogP contribution >= 0.6 is 0 Å². The van der Waals surface area contributed by atoms with E-state index in [0.717, 1.165) is 13.8 Å². The molecule has 0 atom stereocenters. The van der Waals surface area contributed by atoms with Gasteiger partial charge in [0.1, 0.15) is 0 Å². The van der Waals surface area contributed by atoms with E-state index in [1.165, 1.54) is 0 Å². The summed E-state index contributed by atoms with van der Waals surface area (Å²) >= 11 is 0. The molecular formula is C4H9BMgO7. The fourth-order valence-electron chi connectivity index (χ4n) is 0. The maximum Gasteiger partial charge on any atom is 2.00 e. The maximum absolute atomic E-state index is 8.89. The molecule has 13 heavy (non-hydrogen) atoms. The molecule has 0 fully saturated rings. The average Bonchev–Trinajstić information content (AvgIpc) is 1.54. The van der Waals surface area contributed by atoms with E-state index >= 15 is 0 Å². The Kier molecular flexibility index (Phi) is 31.2. The van der Waals surface area contributed by atoms with Gasteiger partial charge >= 0.3 is 30.4 Å². The van der Waals surface area contributed by atoms with Gasteiger partial charge in [0, 0.05) is 11.9 Å². The number of carbonyl (C=O) groups is 2. The van der Waals surface area contributed by atoms with Gasteiger partial charge in [0.15, 0.2) is 0 Å². The van der Waals surface area contributed by atoms with E-state index in [2.05, 4.69) is 0 Å². The number of aliphatic carboxylic acids is 2. The SMILES string of the molecule is CC(=O)[O-].CC(=O)[O-].OB(O)O.[Mg+2]. The summed E-state index contributed by atoms with van der Waals surface area (Å²) in [5.41, 5.74) is 0. The topological polar surface area (TPSA) is 141 Å². The summed E-state index contributed by atoms with van der Waals surface area (Å²) in [6.45, 7) is 1.94. The first kappa shape index (κ1) is 22.9. The van der Waals surface area contributed by atoms with Crippen molar-refractivity contribution in [1.82, 2.24) is 0 Å². The van der Waals surface area contributed by atoms with E-state index in [9.17, 15) is 0 Å². The van der Waals surface area contributed by atoms with Crippen LogP contribution in [0.25, 0.3) is 0 Å². The second-order valence-corrected chi connectivity index (χ2v) is 1.33. The van der Waals surface area contributed by atoms with Gasteiger partial charge in [-0.25, -0.2) is 0 Å². The van der Waals surface area contributed by atoms with Crippen LogP contribution < -0.4 is 10.2 Å². The third-order valence-electron chi connectivity index (χ3n) is 0. The van der Waals surface area contributed by atoms with E-state index in [4.69, 9.17) is 34.9 Å². The zero-order valence-corrected chi connectivity index (χ0v) is 8.67. The van der Waals surface area contributed by atoms with Crippen molar-refractivity contribution in [2.45, 2.75) is 13.8 Å². The third-order valence-corrected chi connectivity index (χ3v) is 0. The van der Waals surface area contributed by atoms with Crippen LogP contribution in [0, 0.1) is 0 Å². The summed E-state index contributed by atoms with van der Waals surface area (Å²) in [6, 6.07) is 0. The van der Waals surface area contributed by atoms with Gasteiger partial charge in [-0.1, -0.05) is 0 Å². The molecule has 0 unspecified atom stereocenters. The average molecular weight is 204 g/mol. The summed E-state index contributed by atoms with van der Waals surface area (Å²) in [7, 11) is -2.17. The van der Waals surface area contributed by atoms with E-state index < -0.39 is 19.3 Å². The molecule has 9 heteroatoms. The van der Waals surface area contributed by atoms with Crippen LogP contribution in [-0.4, -0.2) is 57.4 Å². The molecule has 0 radical (unpaired) electrons. The first-order chi connectivity index (χ1) is 5.20. The molecule has 0 aliphatic heterocycles. The Morgan fingerprint density at radius 1 is 1.00 bits per heavy atom. The van der Waals surface area contributed by atoms with Crippen LogP contribution in [0.3, 0.4) is 0 Å². The van der Waals surface area contributed by atoms with Gasteiger partial charge in [-0.2, -0.15) is 0 Å². The van der Waals surface area contributed by atoms with Crippen molar-refractivity contribution in [1.29, 1.82) is 0 Å². The number of carbonyl (C=O) groups excluding carboxylic acids is 2. The fraction of sp³-hybridized carbons (Fsp3) is 0.500. The Balaban J connectivity index is -0.0000000450. The van der Waals surface area contributed by atoms with E-state index in [1.54, 1.807) is 0 Å². The molecular weight excluding hydrogens is 195 g/mol. The minimum atomic E-state index is -2.17. The quantitative estimate of drug-likeness (QED) is 0.336. The number of hydrogen-bond donors (Lipinski definition) is 3. The van der Waals surface area contributed by atoms with Crippen molar-refractivity contribution in [2.24, 2.45) is 0 Å². The summed E-state index contributed by atoms with van der Waals surface area (Å²) in [5.74, 6) is -2.17. The molecule has 0 saturated carbocycles. The van der Waals surface area contributed by atoms with Gasteiger partial charge in [0.25, 0.3) is 0 Å². The molecule has 0 aromatic rings. The zero-order valence-electron chi connectivity index (χ0n) is 7.26. The van der Waals surface area contributed by atoms with Crippen LogP contribution in [0.15, 0.2) is 0 Å². The van der Waals surface area contributed by atoms with Crippen molar-refractivity contribution < 1.29 is 34.9 Å². The van der Waals surface area contributed by atoms with Gasteiger partial charge in [-0.05, 0) is 13.8 Å². The van der Waals surface area contributed by atoms with Crippen LogP contribution in [0.5, 0.6) is 0 Å². The van der Waals surface area contributed by atoms with Crippen LogP contribution in [0.2, 0.25) is 0 Å². The Labute approximate surface area is 91.3 Å². The molecule has 0 aromatic heterocycles. The van der Waals surface area contributed by atoms with Crippen molar-refractivity contribution in [2.75, 3.05) is 0 Å². The number of carboxylic acids is 2. The molecule has 3 N–H and O–H groups in total. The van der Waals surface area contributed by atoms with E-state index in [1.807, 2.05) is 0 Å². The van der Waals surface area contributed by atoms with Gasteiger partial charge in [-0.3, -0.25) is 0 Å². The Morgan fingerprint density at radius 3 is 1.00 bits per heavy atom. The molecule has 0 bridgehead atoms. The normalized spacial score (nSPS) is 5.92. The van der Waals surface area contributed by atoms with Gasteiger partial charge in [0.05, 0.1) is 0 Å². The van der Waals surface area contributed by atoms with Gasteiger partial charge in [0.2, 0.25) is 0 Å². The molecule has 0 saturated heterocycles. The van der Waals surface area contributed by atoms with Gasteiger partial charge in [-0.15, -0.1) is 0 Å². The molecule has 0 aliphatic rings. The minimum absolute atomic E-state index is 0. The number of hydrogen-bond acceptors (Lipinski definition) is 7. The first-order valence-corrected chi connectivity index (χ1v) is 2.59. The summed E-state index contributed by atoms with van der Waals surface area (Å²) in [5, 5.41) is 39.3. The van der Waals surface area contributed by atoms with Crippen molar-refractivity contribution in [3.05, 3.63) is 0 Å². The van der Waals surface area contributed by atoms with Crippen molar-refractivity contribution >= 4 is 42.3 Å². The fourth-order valence-corrected chi connectivity index (χ4v) is 0. The predicted octanol–water partition coefficient (Wildman–Crippen LogP) is -4.92. The third kappa shape index (κ3) is 8920. The molecule has 0 amide bonds. The molecule has 0 aliphatic carbocycles. The summed E-state index contributed by atoms with van der Waals surface area (Å²) in [4.78, 5) is 17.8. The monoisotopic (exact) mass is 204 g/mol. The summed E-state index contributed by atoms with van der Waals surface area (Å²) in [6.07, 6.45) is 0. The second-order valence-electron chi connectivity index (χ2n) is 1.33. The standard InChI is InChI=1S/2C2H4O2.BH3O3.Mg/c2*1-2(3)4;2-1(3)4;/h2*1H3,(H,3,4);2-4H;/q;;;+2/p-2. The summed E-state index contributed by atoms with van der Waals surface area (Å²) < 4.78 is 0. The Morgan fingerprint density at radius 2 is 1.00 bits per heavy atom. The molecule has 7 nitrogen and oxygen atoms in total. The van der Waals surface area contributed by atoms with E-state index in [0.29, 0.717) is 0 Å². The predicted molar refractivity (Wildman–Crippen MR) is 39.5 cm³/mol. The maximum atomic E-state index is 8.89. The molecule has 0 aromatic carbocycles. The Hall–Kier alpha value is -0.349. The molecule has 0 heterocycles. The van der Waals surface area contributed by atoms with Gasteiger partial charge < -0.3 is 34.9 Å². The molecule has 0 rings (SSSR count). The second kappa shape index (κ2) is 17.7. The van der Waals surface area contributed by atoms with Crippen molar-refractivity contribution in [3.63, 3.8) is 0 Å². The number of carboxylic acid groups (broad SMARTS) is 2. The largest absolute Gasteiger partial charge is 2.00 e. The number of rotatable bonds is 0. The first-order valence-electron chi connectivity index (χ1n) is 2.59. The Bertz CT molecular complexity index is 105. The van der Waals surface area contributed by atoms with E-state index in [-0.39, 0.29) is 23.1 Å². The van der Waals surface area contributed by atoms with Crippen LogP contribution in [0.1, 0.15) is 13.8 Å². The zero-order chi connectivity index (χ0) is 10.7. The molecule has 72 valence electrons.